The van der Waals surface area contributed by atoms with Crippen LogP contribution in [0.25, 0.3) is 0 Å². The van der Waals surface area contributed by atoms with Gasteiger partial charge in [-0.3, -0.25) is 0 Å². The average Bonchev–Trinajstić information content (AvgIpc) is 2.40. The SMILES string of the molecule is COCC1CCC(c2ccccc2OC)NC1. The van der Waals surface area contributed by atoms with Crippen molar-refractivity contribution in [2.75, 3.05) is 27.4 Å². The molecule has 2 unspecified atom stereocenters. The van der Waals surface area contributed by atoms with E-state index in [0.29, 0.717) is 12.0 Å². The maximum Gasteiger partial charge on any atom is 0.123 e. The van der Waals surface area contributed by atoms with Crippen molar-refractivity contribution in [1.82, 2.24) is 5.32 Å². The number of hydrogen-bond donors (Lipinski definition) is 1. The Hall–Kier alpha value is -1.06. The first kappa shape index (κ1) is 12.4. The fraction of sp³-hybridized carbons (Fsp3) is 0.571. The van der Waals surface area contributed by atoms with Gasteiger partial charge in [-0.2, -0.15) is 0 Å². The van der Waals surface area contributed by atoms with Crippen LogP contribution in [0, 0.1) is 5.92 Å². The summed E-state index contributed by atoms with van der Waals surface area (Å²) in [4.78, 5) is 0. The summed E-state index contributed by atoms with van der Waals surface area (Å²) in [5.74, 6) is 1.63. The Morgan fingerprint density at radius 2 is 2.06 bits per heavy atom. The van der Waals surface area contributed by atoms with Gasteiger partial charge in [0.1, 0.15) is 5.75 Å². The Morgan fingerprint density at radius 1 is 1.24 bits per heavy atom. The van der Waals surface area contributed by atoms with Gasteiger partial charge in [0.2, 0.25) is 0 Å². The molecule has 1 heterocycles. The Labute approximate surface area is 103 Å². The van der Waals surface area contributed by atoms with Crippen molar-refractivity contribution in [3.05, 3.63) is 29.8 Å². The lowest BCUT2D eigenvalue weighted by atomic mass is 9.91. The second-order valence-corrected chi connectivity index (χ2v) is 4.60. The number of para-hydroxylation sites is 1. The van der Waals surface area contributed by atoms with Gasteiger partial charge in [0.25, 0.3) is 0 Å². The molecule has 94 valence electrons. The number of benzene rings is 1. The standard InChI is InChI=1S/C14H21NO2/c1-16-10-11-7-8-13(15-9-11)12-5-3-4-6-14(12)17-2/h3-6,11,13,15H,7-10H2,1-2H3. The van der Waals surface area contributed by atoms with Gasteiger partial charge in [-0.1, -0.05) is 18.2 Å². The van der Waals surface area contributed by atoms with Gasteiger partial charge in [-0.05, 0) is 24.8 Å². The van der Waals surface area contributed by atoms with E-state index in [0.717, 1.165) is 25.3 Å². The highest BCUT2D eigenvalue weighted by atomic mass is 16.5. The molecule has 0 aliphatic carbocycles. The fourth-order valence-corrected chi connectivity index (χ4v) is 2.51. The van der Waals surface area contributed by atoms with E-state index < -0.39 is 0 Å². The molecule has 0 radical (unpaired) electrons. The van der Waals surface area contributed by atoms with Crippen molar-refractivity contribution in [3.63, 3.8) is 0 Å². The fourth-order valence-electron chi connectivity index (χ4n) is 2.51. The number of rotatable bonds is 4. The van der Waals surface area contributed by atoms with Crippen molar-refractivity contribution in [2.24, 2.45) is 5.92 Å². The highest BCUT2D eigenvalue weighted by Gasteiger charge is 2.23. The lowest BCUT2D eigenvalue weighted by Gasteiger charge is -2.30. The van der Waals surface area contributed by atoms with E-state index in [1.807, 2.05) is 12.1 Å². The third-order valence-electron chi connectivity index (χ3n) is 3.43. The maximum atomic E-state index is 5.41. The smallest absolute Gasteiger partial charge is 0.123 e. The van der Waals surface area contributed by atoms with E-state index in [-0.39, 0.29) is 0 Å². The Bertz CT molecular complexity index is 346. The van der Waals surface area contributed by atoms with E-state index in [2.05, 4.69) is 17.4 Å². The summed E-state index contributed by atoms with van der Waals surface area (Å²) in [6.45, 7) is 1.88. The zero-order valence-corrected chi connectivity index (χ0v) is 10.6. The summed E-state index contributed by atoms with van der Waals surface area (Å²) < 4.78 is 10.6. The molecule has 17 heavy (non-hydrogen) atoms. The van der Waals surface area contributed by atoms with Crippen LogP contribution >= 0.6 is 0 Å². The van der Waals surface area contributed by atoms with Crippen LogP contribution in [0.5, 0.6) is 5.75 Å². The molecule has 1 fully saturated rings. The average molecular weight is 235 g/mol. The second-order valence-electron chi connectivity index (χ2n) is 4.60. The normalized spacial score (nSPS) is 24.6. The van der Waals surface area contributed by atoms with Gasteiger partial charge in [0.05, 0.1) is 13.7 Å². The molecule has 1 N–H and O–H groups in total. The van der Waals surface area contributed by atoms with Gasteiger partial charge in [-0.15, -0.1) is 0 Å². The van der Waals surface area contributed by atoms with Crippen LogP contribution in [0.2, 0.25) is 0 Å². The lowest BCUT2D eigenvalue weighted by molar-refractivity contribution is 0.129. The molecular formula is C14H21NO2. The molecule has 0 saturated carbocycles. The Morgan fingerprint density at radius 3 is 2.71 bits per heavy atom. The number of methoxy groups -OCH3 is 2. The van der Waals surface area contributed by atoms with E-state index >= 15 is 0 Å². The highest BCUT2D eigenvalue weighted by molar-refractivity contribution is 5.36. The number of nitrogens with one attached hydrogen (secondary N) is 1. The largest absolute Gasteiger partial charge is 0.496 e. The van der Waals surface area contributed by atoms with Crippen LogP contribution in [0.15, 0.2) is 24.3 Å². The minimum absolute atomic E-state index is 0.416. The van der Waals surface area contributed by atoms with Crippen LogP contribution in [0.3, 0.4) is 0 Å². The summed E-state index contributed by atoms with van der Waals surface area (Å²) in [6, 6.07) is 8.67. The van der Waals surface area contributed by atoms with Gasteiger partial charge in [0, 0.05) is 25.3 Å². The maximum absolute atomic E-state index is 5.41. The van der Waals surface area contributed by atoms with Crippen LogP contribution in [0.4, 0.5) is 0 Å². The molecule has 3 heteroatoms. The Balaban J connectivity index is 2.00. The first-order chi connectivity index (χ1) is 8.35. The molecule has 1 aromatic carbocycles. The van der Waals surface area contributed by atoms with Crippen molar-refractivity contribution in [3.8, 4) is 5.75 Å². The van der Waals surface area contributed by atoms with Crippen molar-refractivity contribution in [2.45, 2.75) is 18.9 Å². The summed E-state index contributed by atoms with van der Waals surface area (Å²) in [5.41, 5.74) is 1.27. The van der Waals surface area contributed by atoms with Crippen LogP contribution in [0.1, 0.15) is 24.4 Å². The third-order valence-corrected chi connectivity index (χ3v) is 3.43. The summed E-state index contributed by atoms with van der Waals surface area (Å²) in [6.07, 6.45) is 2.36. The van der Waals surface area contributed by atoms with Gasteiger partial charge < -0.3 is 14.8 Å². The van der Waals surface area contributed by atoms with Crippen LogP contribution in [-0.4, -0.2) is 27.4 Å². The minimum atomic E-state index is 0.416. The quantitative estimate of drug-likeness (QED) is 0.869. The zero-order valence-electron chi connectivity index (χ0n) is 10.6. The molecular weight excluding hydrogens is 214 g/mol. The summed E-state index contributed by atoms with van der Waals surface area (Å²) in [7, 11) is 3.50. The lowest BCUT2D eigenvalue weighted by Crippen LogP contribution is -2.35. The molecule has 1 saturated heterocycles. The first-order valence-corrected chi connectivity index (χ1v) is 6.20. The molecule has 2 rings (SSSR count). The van der Waals surface area contributed by atoms with Crippen LogP contribution in [-0.2, 0) is 4.74 Å². The summed E-state index contributed by atoms with van der Waals surface area (Å²) in [5, 5.41) is 3.58. The first-order valence-electron chi connectivity index (χ1n) is 6.20. The zero-order chi connectivity index (χ0) is 12.1. The predicted octanol–water partition coefficient (Wildman–Crippen LogP) is 2.38. The number of ether oxygens (including phenoxy) is 2. The predicted molar refractivity (Wildman–Crippen MR) is 68.3 cm³/mol. The second kappa shape index (κ2) is 6.03. The van der Waals surface area contributed by atoms with Gasteiger partial charge >= 0.3 is 0 Å². The van der Waals surface area contributed by atoms with Crippen molar-refractivity contribution >= 4 is 0 Å². The molecule has 0 bridgehead atoms. The van der Waals surface area contributed by atoms with E-state index in [1.54, 1.807) is 14.2 Å². The monoisotopic (exact) mass is 235 g/mol. The van der Waals surface area contributed by atoms with Crippen LogP contribution < -0.4 is 10.1 Å². The third kappa shape index (κ3) is 2.99. The topological polar surface area (TPSA) is 30.5 Å². The van der Waals surface area contributed by atoms with E-state index in [4.69, 9.17) is 9.47 Å². The van der Waals surface area contributed by atoms with E-state index in [9.17, 15) is 0 Å². The molecule has 0 spiro atoms. The molecule has 2 atom stereocenters. The van der Waals surface area contributed by atoms with Crippen molar-refractivity contribution < 1.29 is 9.47 Å². The Kier molecular flexibility index (Phi) is 4.40. The van der Waals surface area contributed by atoms with E-state index in [1.165, 1.54) is 12.0 Å². The van der Waals surface area contributed by atoms with Crippen molar-refractivity contribution in [1.29, 1.82) is 0 Å². The van der Waals surface area contributed by atoms with Gasteiger partial charge in [0.15, 0.2) is 0 Å². The molecule has 1 aliphatic rings. The summed E-state index contributed by atoms with van der Waals surface area (Å²) >= 11 is 0. The molecule has 1 aromatic rings. The van der Waals surface area contributed by atoms with Gasteiger partial charge in [-0.25, -0.2) is 0 Å². The molecule has 0 amide bonds. The molecule has 0 aromatic heterocycles. The minimum Gasteiger partial charge on any atom is -0.496 e. The highest BCUT2D eigenvalue weighted by Crippen LogP contribution is 2.31. The molecule has 1 aliphatic heterocycles. The molecule has 3 nitrogen and oxygen atoms in total. The number of hydrogen-bond acceptors (Lipinski definition) is 3. The number of piperidine rings is 1.